The molecule has 6 nitrogen and oxygen atoms in total. The predicted octanol–water partition coefficient (Wildman–Crippen LogP) is 3.99. The lowest BCUT2D eigenvalue weighted by Gasteiger charge is -2.26. The van der Waals surface area contributed by atoms with Crippen LogP contribution in [0.2, 0.25) is 0 Å². The molecule has 2 aromatic rings. The number of hydrogen-bond acceptors (Lipinski definition) is 3. The second-order valence-electron chi connectivity index (χ2n) is 6.26. The number of anilines is 2. The van der Waals surface area contributed by atoms with Crippen LogP contribution in [0.1, 0.15) is 36.9 Å². The van der Waals surface area contributed by atoms with E-state index in [1.807, 2.05) is 37.3 Å². The molecule has 0 fully saturated rings. The second-order valence-corrected chi connectivity index (χ2v) is 6.26. The van der Waals surface area contributed by atoms with Gasteiger partial charge in [-0.2, -0.15) is 0 Å². The maximum absolute atomic E-state index is 12.4. The van der Waals surface area contributed by atoms with E-state index in [-0.39, 0.29) is 18.0 Å². The first-order valence-electron chi connectivity index (χ1n) is 8.76. The predicted molar refractivity (Wildman–Crippen MR) is 102 cm³/mol. The minimum absolute atomic E-state index is 0.0373. The van der Waals surface area contributed by atoms with Crippen LogP contribution in [0.15, 0.2) is 42.5 Å². The van der Waals surface area contributed by atoms with Crippen molar-refractivity contribution in [1.29, 1.82) is 0 Å². The summed E-state index contributed by atoms with van der Waals surface area (Å²) in [6, 6.07) is 12.8. The third kappa shape index (κ3) is 4.14. The van der Waals surface area contributed by atoms with Gasteiger partial charge in [0.1, 0.15) is 5.75 Å². The van der Waals surface area contributed by atoms with Gasteiger partial charge in [-0.05, 0) is 36.8 Å². The fraction of sp³-hybridized carbons (Fsp3) is 0.300. The van der Waals surface area contributed by atoms with E-state index < -0.39 is 0 Å². The Kier molecular flexibility index (Phi) is 5.41. The van der Waals surface area contributed by atoms with Gasteiger partial charge in [0.05, 0.1) is 12.6 Å². The zero-order chi connectivity index (χ0) is 18.5. The summed E-state index contributed by atoms with van der Waals surface area (Å²) in [5, 5.41) is 8.69. The van der Waals surface area contributed by atoms with Crippen LogP contribution in [0.5, 0.6) is 5.75 Å². The minimum Gasteiger partial charge on any atom is -0.493 e. The fourth-order valence-electron chi connectivity index (χ4n) is 2.94. The average Bonchev–Trinajstić information content (AvgIpc) is 2.64. The van der Waals surface area contributed by atoms with Gasteiger partial charge < -0.3 is 20.7 Å². The number of fused-ring (bicyclic) bond motifs is 1. The second kappa shape index (κ2) is 7.91. The Bertz CT molecular complexity index is 820. The number of urea groups is 1. The molecular formula is C20H23N3O3. The van der Waals surface area contributed by atoms with Crippen molar-refractivity contribution in [2.75, 3.05) is 17.2 Å². The number of rotatable bonds is 4. The average molecular weight is 353 g/mol. The van der Waals surface area contributed by atoms with E-state index in [9.17, 15) is 9.59 Å². The third-order valence-corrected chi connectivity index (χ3v) is 4.34. The molecule has 2 aromatic carbocycles. The van der Waals surface area contributed by atoms with Gasteiger partial charge in [-0.1, -0.05) is 25.1 Å². The van der Waals surface area contributed by atoms with E-state index in [4.69, 9.17) is 4.74 Å². The topological polar surface area (TPSA) is 79.5 Å². The Morgan fingerprint density at radius 3 is 2.73 bits per heavy atom. The van der Waals surface area contributed by atoms with Crippen LogP contribution in [0.4, 0.5) is 16.2 Å². The summed E-state index contributed by atoms with van der Waals surface area (Å²) >= 11 is 0. The first-order chi connectivity index (χ1) is 12.6. The van der Waals surface area contributed by atoms with Crippen LogP contribution in [-0.2, 0) is 4.79 Å². The lowest BCUT2D eigenvalue weighted by atomic mass is 10.0. The number of ether oxygens (including phenoxy) is 1. The van der Waals surface area contributed by atoms with E-state index in [1.165, 1.54) is 0 Å². The molecule has 1 aliphatic rings. The maximum atomic E-state index is 12.4. The van der Waals surface area contributed by atoms with Crippen molar-refractivity contribution >= 4 is 23.3 Å². The van der Waals surface area contributed by atoms with Crippen molar-refractivity contribution in [2.45, 2.75) is 32.7 Å². The maximum Gasteiger partial charge on any atom is 0.319 e. The van der Waals surface area contributed by atoms with E-state index in [0.29, 0.717) is 18.7 Å². The molecule has 0 radical (unpaired) electrons. The third-order valence-electron chi connectivity index (χ3n) is 4.34. The largest absolute Gasteiger partial charge is 0.493 e. The molecule has 1 atom stereocenters. The molecule has 0 saturated carbocycles. The molecule has 1 aliphatic heterocycles. The molecule has 0 bridgehead atoms. The van der Waals surface area contributed by atoms with Gasteiger partial charge in [-0.3, -0.25) is 4.79 Å². The summed E-state index contributed by atoms with van der Waals surface area (Å²) in [4.78, 5) is 23.9. The van der Waals surface area contributed by atoms with Crippen LogP contribution in [0.25, 0.3) is 0 Å². The number of nitrogens with one attached hydrogen (secondary N) is 3. The standard InChI is InChI=1S/C20H23N3O3/c1-3-19(24)22-16-9-8-14(12-13(16)2)21-20(25)23-17-10-11-26-18-7-5-4-6-15(17)18/h4-9,12,17H,3,10-11H2,1-2H3,(H,22,24)(H2,21,23,25)/t17-/m0/s1. The lowest BCUT2D eigenvalue weighted by molar-refractivity contribution is -0.115. The van der Waals surface area contributed by atoms with Crippen LogP contribution >= 0.6 is 0 Å². The van der Waals surface area contributed by atoms with Crippen LogP contribution in [-0.4, -0.2) is 18.5 Å². The summed E-state index contributed by atoms with van der Waals surface area (Å²) in [7, 11) is 0. The summed E-state index contributed by atoms with van der Waals surface area (Å²) in [6.07, 6.45) is 1.15. The lowest BCUT2D eigenvalue weighted by Crippen LogP contribution is -2.35. The zero-order valence-corrected chi connectivity index (χ0v) is 15.0. The van der Waals surface area contributed by atoms with E-state index >= 15 is 0 Å². The molecule has 0 saturated heterocycles. The molecule has 0 aliphatic carbocycles. The highest BCUT2D eigenvalue weighted by atomic mass is 16.5. The molecule has 0 aromatic heterocycles. The Morgan fingerprint density at radius 1 is 1.15 bits per heavy atom. The SMILES string of the molecule is CCC(=O)Nc1ccc(NC(=O)N[C@H]2CCOc3ccccc32)cc1C. The number of amides is 3. The molecule has 0 unspecified atom stereocenters. The number of carbonyl (C=O) groups is 2. The van der Waals surface area contributed by atoms with Crippen molar-refractivity contribution in [3.63, 3.8) is 0 Å². The normalized spacial score (nSPS) is 15.4. The number of aryl methyl sites for hydroxylation is 1. The number of benzene rings is 2. The highest BCUT2D eigenvalue weighted by Crippen LogP contribution is 2.31. The van der Waals surface area contributed by atoms with Crippen LogP contribution in [0, 0.1) is 6.92 Å². The summed E-state index contributed by atoms with van der Waals surface area (Å²) in [5.74, 6) is 0.778. The Labute approximate surface area is 152 Å². The molecule has 3 amide bonds. The molecule has 6 heteroatoms. The quantitative estimate of drug-likeness (QED) is 0.777. The van der Waals surface area contributed by atoms with Gasteiger partial charge in [-0.15, -0.1) is 0 Å². The van der Waals surface area contributed by atoms with Crippen LogP contribution in [0.3, 0.4) is 0 Å². The number of carbonyl (C=O) groups excluding carboxylic acids is 2. The number of para-hydroxylation sites is 1. The zero-order valence-electron chi connectivity index (χ0n) is 15.0. The monoisotopic (exact) mass is 353 g/mol. The van der Waals surface area contributed by atoms with Crippen molar-refractivity contribution in [1.82, 2.24) is 5.32 Å². The van der Waals surface area contributed by atoms with E-state index in [0.717, 1.165) is 29.0 Å². The summed E-state index contributed by atoms with van der Waals surface area (Å²) < 4.78 is 5.62. The highest BCUT2D eigenvalue weighted by molar-refractivity contribution is 5.93. The summed E-state index contributed by atoms with van der Waals surface area (Å²) in [6.45, 7) is 4.27. The Balaban J connectivity index is 1.64. The molecule has 136 valence electrons. The molecule has 1 heterocycles. The van der Waals surface area contributed by atoms with Crippen molar-refractivity contribution < 1.29 is 14.3 Å². The van der Waals surface area contributed by atoms with Gasteiger partial charge in [0.15, 0.2) is 0 Å². The van der Waals surface area contributed by atoms with Gasteiger partial charge in [-0.25, -0.2) is 4.79 Å². The molecule has 3 N–H and O–H groups in total. The Hall–Kier alpha value is -3.02. The first kappa shape index (κ1) is 17.8. The van der Waals surface area contributed by atoms with Crippen molar-refractivity contribution in [3.8, 4) is 5.75 Å². The number of hydrogen-bond donors (Lipinski definition) is 3. The molecule has 3 rings (SSSR count). The first-order valence-corrected chi connectivity index (χ1v) is 8.76. The van der Waals surface area contributed by atoms with Gasteiger partial charge in [0.25, 0.3) is 0 Å². The smallest absolute Gasteiger partial charge is 0.319 e. The fourth-order valence-corrected chi connectivity index (χ4v) is 2.94. The van der Waals surface area contributed by atoms with Crippen LogP contribution < -0.4 is 20.7 Å². The Morgan fingerprint density at radius 2 is 1.96 bits per heavy atom. The minimum atomic E-state index is -0.267. The van der Waals surface area contributed by atoms with Gasteiger partial charge >= 0.3 is 6.03 Å². The highest BCUT2D eigenvalue weighted by Gasteiger charge is 2.22. The van der Waals surface area contributed by atoms with Crippen molar-refractivity contribution in [3.05, 3.63) is 53.6 Å². The van der Waals surface area contributed by atoms with Gasteiger partial charge in [0, 0.05) is 29.8 Å². The molecule has 26 heavy (non-hydrogen) atoms. The summed E-state index contributed by atoms with van der Waals surface area (Å²) in [5.41, 5.74) is 3.31. The van der Waals surface area contributed by atoms with Gasteiger partial charge in [0.2, 0.25) is 5.91 Å². The van der Waals surface area contributed by atoms with E-state index in [2.05, 4.69) is 16.0 Å². The molecular weight excluding hydrogens is 330 g/mol. The van der Waals surface area contributed by atoms with Crippen molar-refractivity contribution in [2.24, 2.45) is 0 Å². The molecule has 0 spiro atoms. The van der Waals surface area contributed by atoms with E-state index in [1.54, 1.807) is 19.1 Å².